The molecule has 0 unspecified atom stereocenters. The molecular formula is C18H15NO7S. The molecule has 0 spiro atoms. The number of sulfonamides is 1. The molecule has 0 saturated carbocycles. The second-order valence-electron chi connectivity index (χ2n) is 5.82. The van der Waals surface area contributed by atoms with E-state index in [1.807, 2.05) is 0 Å². The summed E-state index contributed by atoms with van der Waals surface area (Å²) < 4.78 is 32.2. The van der Waals surface area contributed by atoms with E-state index >= 15 is 0 Å². The Morgan fingerprint density at radius 3 is 2.48 bits per heavy atom. The minimum Gasteiger partial charge on any atom is -0.502 e. The highest BCUT2D eigenvalue weighted by Gasteiger charge is 2.26. The van der Waals surface area contributed by atoms with Gasteiger partial charge in [0.05, 0.1) is 4.90 Å². The zero-order chi connectivity index (χ0) is 19.6. The van der Waals surface area contributed by atoms with Gasteiger partial charge in [0.25, 0.3) is 0 Å². The molecule has 0 fully saturated rings. The zero-order valence-corrected chi connectivity index (χ0v) is 14.6. The molecule has 3 N–H and O–H groups in total. The van der Waals surface area contributed by atoms with Crippen molar-refractivity contribution >= 4 is 27.0 Å². The number of hydrogen-bond donors (Lipinski definition) is 3. The maximum Gasteiger partial charge on any atom is 0.378 e. The monoisotopic (exact) mass is 389 g/mol. The summed E-state index contributed by atoms with van der Waals surface area (Å²) >= 11 is 0. The number of aromatic hydroxyl groups is 1. The number of aliphatic carboxylic acids is 1. The van der Waals surface area contributed by atoms with Crippen LogP contribution in [0.4, 0.5) is 0 Å². The van der Waals surface area contributed by atoms with E-state index in [1.54, 1.807) is 30.3 Å². The summed E-state index contributed by atoms with van der Waals surface area (Å²) in [4.78, 5) is 22.6. The van der Waals surface area contributed by atoms with Gasteiger partial charge in [0, 0.05) is 5.39 Å². The quantitative estimate of drug-likeness (QED) is 0.544. The average molecular weight is 389 g/mol. The van der Waals surface area contributed by atoms with Gasteiger partial charge in [-0.3, -0.25) is 4.79 Å². The number of benzene rings is 2. The predicted octanol–water partition coefficient (Wildman–Crippen LogP) is 1.47. The highest BCUT2D eigenvalue weighted by molar-refractivity contribution is 7.89. The average Bonchev–Trinajstić information content (AvgIpc) is 2.62. The van der Waals surface area contributed by atoms with Crippen LogP contribution in [0.5, 0.6) is 5.75 Å². The van der Waals surface area contributed by atoms with Gasteiger partial charge in [0.2, 0.25) is 15.8 Å². The van der Waals surface area contributed by atoms with Crippen molar-refractivity contribution in [3.63, 3.8) is 0 Å². The highest BCUT2D eigenvalue weighted by Crippen LogP contribution is 2.21. The lowest BCUT2D eigenvalue weighted by Crippen LogP contribution is -2.42. The smallest absolute Gasteiger partial charge is 0.378 e. The van der Waals surface area contributed by atoms with Crippen LogP contribution in [0.15, 0.2) is 68.7 Å². The maximum absolute atomic E-state index is 12.6. The number of fused-ring (bicyclic) bond motifs is 1. The lowest BCUT2D eigenvalue weighted by Gasteiger charge is -2.15. The van der Waals surface area contributed by atoms with Crippen molar-refractivity contribution in [1.82, 2.24) is 4.72 Å². The van der Waals surface area contributed by atoms with Gasteiger partial charge in [-0.15, -0.1) is 0 Å². The minimum absolute atomic E-state index is 0.0291. The number of carbonyl (C=O) groups is 1. The number of carboxylic acid groups (broad SMARTS) is 1. The molecular weight excluding hydrogens is 374 g/mol. The molecule has 3 rings (SSSR count). The van der Waals surface area contributed by atoms with Gasteiger partial charge in [-0.2, -0.15) is 4.72 Å². The van der Waals surface area contributed by atoms with Crippen molar-refractivity contribution in [1.29, 1.82) is 0 Å². The van der Waals surface area contributed by atoms with Gasteiger partial charge in [0.1, 0.15) is 11.6 Å². The fourth-order valence-electron chi connectivity index (χ4n) is 2.54. The van der Waals surface area contributed by atoms with Gasteiger partial charge >= 0.3 is 11.6 Å². The molecule has 0 aliphatic heterocycles. The summed E-state index contributed by atoms with van der Waals surface area (Å²) in [5, 5.41) is 19.0. The first kappa shape index (κ1) is 18.6. The number of carboxylic acids is 1. The zero-order valence-electron chi connectivity index (χ0n) is 13.8. The Morgan fingerprint density at radius 1 is 1.11 bits per heavy atom. The molecule has 0 radical (unpaired) electrons. The molecule has 0 aliphatic carbocycles. The van der Waals surface area contributed by atoms with Crippen LogP contribution in [-0.2, 0) is 21.2 Å². The van der Waals surface area contributed by atoms with Crippen molar-refractivity contribution in [3.05, 3.63) is 70.6 Å². The molecule has 2 aromatic carbocycles. The molecule has 1 atom stereocenters. The fraction of sp³-hybridized carbons (Fsp3) is 0.111. The highest BCUT2D eigenvalue weighted by atomic mass is 32.2. The second kappa shape index (κ2) is 7.22. The van der Waals surface area contributed by atoms with Gasteiger partial charge in [-0.05, 0) is 36.2 Å². The summed E-state index contributed by atoms with van der Waals surface area (Å²) in [6.45, 7) is 0. The van der Waals surface area contributed by atoms with Crippen LogP contribution in [0, 0.1) is 0 Å². The summed E-state index contributed by atoms with van der Waals surface area (Å²) in [7, 11) is -4.17. The van der Waals surface area contributed by atoms with Gasteiger partial charge < -0.3 is 14.6 Å². The van der Waals surface area contributed by atoms with Crippen LogP contribution in [0.1, 0.15) is 5.56 Å². The normalized spacial score (nSPS) is 12.7. The number of hydrogen-bond acceptors (Lipinski definition) is 6. The summed E-state index contributed by atoms with van der Waals surface area (Å²) in [6, 6.07) is 12.0. The van der Waals surface area contributed by atoms with E-state index in [9.17, 15) is 28.2 Å². The van der Waals surface area contributed by atoms with E-state index in [2.05, 4.69) is 4.72 Å². The van der Waals surface area contributed by atoms with Crippen LogP contribution in [-0.4, -0.2) is 30.6 Å². The molecule has 9 heteroatoms. The molecule has 1 aromatic heterocycles. The molecule has 27 heavy (non-hydrogen) atoms. The summed E-state index contributed by atoms with van der Waals surface area (Å²) in [6.07, 6.45) is -0.0291. The van der Waals surface area contributed by atoms with E-state index in [0.29, 0.717) is 5.56 Å². The van der Waals surface area contributed by atoms with E-state index in [-0.39, 0.29) is 22.3 Å². The third-order valence-corrected chi connectivity index (χ3v) is 5.34. The molecule has 3 aromatic rings. The van der Waals surface area contributed by atoms with Crippen molar-refractivity contribution in [2.24, 2.45) is 0 Å². The fourth-order valence-corrected chi connectivity index (χ4v) is 3.77. The largest absolute Gasteiger partial charge is 0.502 e. The lowest BCUT2D eigenvalue weighted by atomic mass is 10.1. The number of nitrogens with one attached hydrogen (secondary N) is 1. The summed E-state index contributed by atoms with van der Waals surface area (Å²) in [5.41, 5.74) is -0.182. The van der Waals surface area contributed by atoms with Gasteiger partial charge in [-0.25, -0.2) is 13.2 Å². The van der Waals surface area contributed by atoms with Crippen LogP contribution in [0.25, 0.3) is 11.0 Å². The first-order valence-corrected chi connectivity index (χ1v) is 9.30. The standard InChI is InChI=1S/C18H15NO7S/c20-15-10-12-9-13(6-7-16(12)26-18(15)23)27(24,25)19-14(17(21)22)8-11-4-2-1-3-5-11/h1-7,9-10,14,19-20H,8H2,(H,21,22)/t14-/m0/s1. The van der Waals surface area contributed by atoms with E-state index < -0.39 is 33.4 Å². The van der Waals surface area contributed by atoms with Crippen LogP contribution >= 0.6 is 0 Å². The van der Waals surface area contributed by atoms with E-state index in [1.165, 1.54) is 18.2 Å². The minimum atomic E-state index is -4.17. The Labute approximate surface area is 153 Å². The molecule has 140 valence electrons. The van der Waals surface area contributed by atoms with Gasteiger partial charge in [0.15, 0.2) is 0 Å². The van der Waals surface area contributed by atoms with Gasteiger partial charge in [-0.1, -0.05) is 30.3 Å². The molecule has 0 bridgehead atoms. The Morgan fingerprint density at radius 2 is 1.81 bits per heavy atom. The van der Waals surface area contributed by atoms with Crippen LogP contribution < -0.4 is 10.3 Å². The van der Waals surface area contributed by atoms with Crippen LogP contribution in [0.2, 0.25) is 0 Å². The Balaban J connectivity index is 1.92. The molecule has 0 aliphatic rings. The van der Waals surface area contributed by atoms with Crippen molar-refractivity contribution in [2.75, 3.05) is 0 Å². The summed E-state index contributed by atoms with van der Waals surface area (Å²) in [5.74, 6) is -1.97. The van der Waals surface area contributed by atoms with Crippen molar-refractivity contribution in [2.45, 2.75) is 17.4 Å². The molecule has 8 nitrogen and oxygen atoms in total. The first-order valence-electron chi connectivity index (χ1n) is 7.82. The predicted molar refractivity (Wildman–Crippen MR) is 96.0 cm³/mol. The lowest BCUT2D eigenvalue weighted by molar-refractivity contribution is -0.138. The van der Waals surface area contributed by atoms with Crippen LogP contribution in [0.3, 0.4) is 0 Å². The van der Waals surface area contributed by atoms with E-state index in [4.69, 9.17) is 4.42 Å². The Hall–Kier alpha value is -3.17. The maximum atomic E-state index is 12.6. The second-order valence-corrected chi connectivity index (χ2v) is 7.53. The SMILES string of the molecule is O=C(O)[C@H](Cc1ccccc1)NS(=O)(=O)c1ccc2oc(=O)c(O)cc2c1. The number of rotatable bonds is 6. The first-order chi connectivity index (χ1) is 12.8. The molecule has 1 heterocycles. The molecule has 0 saturated heterocycles. The third-order valence-electron chi connectivity index (χ3n) is 3.87. The van der Waals surface area contributed by atoms with Crippen molar-refractivity contribution in [3.8, 4) is 5.75 Å². The van der Waals surface area contributed by atoms with E-state index in [0.717, 1.165) is 6.07 Å². The third kappa shape index (κ3) is 4.15. The van der Waals surface area contributed by atoms with Crippen molar-refractivity contribution < 1.29 is 27.8 Å². The Kier molecular flexibility index (Phi) is 4.98. The Bertz CT molecular complexity index is 1150. The topological polar surface area (TPSA) is 134 Å². The molecule has 0 amide bonds.